The van der Waals surface area contributed by atoms with E-state index in [1.807, 2.05) is 97.1 Å². The van der Waals surface area contributed by atoms with Crippen molar-refractivity contribution < 1.29 is 19.0 Å². The number of thiazole rings is 1. The van der Waals surface area contributed by atoms with E-state index in [1.54, 1.807) is 25.7 Å². The summed E-state index contributed by atoms with van der Waals surface area (Å²) in [7, 11) is 3.19. The maximum atomic E-state index is 14.3. The van der Waals surface area contributed by atoms with Crippen LogP contribution >= 0.6 is 11.3 Å². The second-order valence-electron chi connectivity index (χ2n) is 9.61. The average molecular weight is 577 g/mol. The van der Waals surface area contributed by atoms with Crippen LogP contribution in [0, 0.1) is 0 Å². The van der Waals surface area contributed by atoms with Crippen molar-refractivity contribution in [2.24, 2.45) is 4.99 Å². The molecule has 1 aliphatic rings. The first-order chi connectivity index (χ1) is 20.5. The Bertz CT molecular complexity index is 2020. The Labute approximate surface area is 246 Å². The molecule has 0 amide bonds. The van der Waals surface area contributed by atoms with E-state index in [1.165, 1.54) is 11.3 Å². The third-order valence-electron chi connectivity index (χ3n) is 7.19. The van der Waals surface area contributed by atoms with Gasteiger partial charge in [-0.05, 0) is 47.5 Å². The second-order valence-corrected chi connectivity index (χ2v) is 10.6. The van der Waals surface area contributed by atoms with Crippen LogP contribution in [0.2, 0.25) is 0 Å². The van der Waals surface area contributed by atoms with Crippen molar-refractivity contribution in [2.45, 2.75) is 13.0 Å². The summed E-state index contributed by atoms with van der Waals surface area (Å²) in [6.45, 7) is 1.93. The largest absolute Gasteiger partial charge is 0.497 e. The summed E-state index contributed by atoms with van der Waals surface area (Å²) in [5.74, 6) is 0.699. The lowest BCUT2D eigenvalue weighted by Crippen LogP contribution is -2.40. The number of carbonyl (C=O) groups excluding carboxylic acids is 1. The summed E-state index contributed by atoms with van der Waals surface area (Å²) < 4.78 is 19.0. The number of hydrogen-bond acceptors (Lipinski definition) is 7. The maximum absolute atomic E-state index is 14.3. The first-order valence-electron chi connectivity index (χ1n) is 13.5. The molecule has 7 nitrogen and oxygen atoms in total. The number of methoxy groups -OCH3 is 2. The van der Waals surface area contributed by atoms with Crippen LogP contribution < -0.4 is 24.4 Å². The Morgan fingerprint density at radius 1 is 0.952 bits per heavy atom. The lowest BCUT2D eigenvalue weighted by Gasteiger charge is -2.28. The lowest BCUT2D eigenvalue weighted by atomic mass is 9.89. The molecule has 0 bridgehead atoms. The summed E-state index contributed by atoms with van der Waals surface area (Å²) >= 11 is 1.27. The quantitative estimate of drug-likeness (QED) is 0.252. The van der Waals surface area contributed by atoms with E-state index in [2.05, 4.69) is 0 Å². The predicted molar refractivity (Wildman–Crippen MR) is 165 cm³/mol. The molecule has 0 radical (unpaired) electrons. The monoisotopic (exact) mass is 576 g/mol. The molecule has 4 aromatic carbocycles. The molecule has 1 atom stereocenters. The van der Waals surface area contributed by atoms with Gasteiger partial charge in [-0.1, -0.05) is 84.1 Å². The summed E-state index contributed by atoms with van der Waals surface area (Å²) in [6.07, 6.45) is 1.82. The van der Waals surface area contributed by atoms with Crippen LogP contribution in [0.1, 0.15) is 29.7 Å². The minimum Gasteiger partial charge on any atom is -0.497 e. The first kappa shape index (κ1) is 27.2. The molecule has 0 fully saturated rings. The van der Waals surface area contributed by atoms with Gasteiger partial charge in [0, 0.05) is 11.1 Å². The summed E-state index contributed by atoms with van der Waals surface area (Å²) in [6, 6.07) is 27.8. The fourth-order valence-corrected chi connectivity index (χ4v) is 6.33. The fourth-order valence-electron chi connectivity index (χ4n) is 5.33. The zero-order chi connectivity index (χ0) is 29.2. The number of ether oxygens (including phenoxy) is 3. The molecule has 2 heterocycles. The number of esters is 1. The van der Waals surface area contributed by atoms with Crippen LogP contribution in [0.25, 0.3) is 22.5 Å². The van der Waals surface area contributed by atoms with Crippen molar-refractivity contribution in [1.82, 2.24) is 4.57 Å². The molecule has 0 saturated carbocycles. The minimum absolute atomic E-state index is 0.171. The molecular weight excluding hydrogens is 548 g/mol. The van der Waals surface area contributed by atoms with Crippen LogP contribution in [-0.4, -0.2) is 31.4 Å². The maximum Gasteiger partial charge on any atom is 0.338 e. The third-order valence-corrected chi connectivity index (χ3v) is 8.17. The van der Waals surface area contributed by atoms with E-state index < -0.39 is 12.0 Å². The Morgan fingerprint density at radius 2 is 1.74 bits per heavy atom. The number of aromatic nitrogens is 1. The molecule has 0 aliphatic carbocycles. The van der Waals surface area contributed by atoms with E-state index in [0.717, 1.165) is 21.9 Å². The highest BCUT2D eigenvalue weighted by atomic mass is 32.1. The number of rotatable bonds is 7. The second kappa shape index (κ2) is 11.5. The Balaban J connectivity index is 1.74. The van der Waals surface area contributed by atoms with Crippen LogP contribution in [-0.2, 0) is 9.53 Å². The van der Waals surface area contributed by atoms with E-state index in [4.69, 9.17) is 19.2 Å². The van der Waals surface area contributed by atoms with Gasteiger partial charge in [-0.3, -0.25) is 9.36 Å². The van der Waals surface area contributed by atoms with Gasteiger partial charge in [-0.15, -0.1) is 0 Å². The van der Waals surface area contributed by atoms with Gasteiger partial charge in [0.15, 0.2) is 4.80 Å². The lowest BCUT2D eigenvalue weighted by molar-refractivity contribution is -0.138. The van der Waals surface area contributed by atoms with Crippen LogP contribution in [0.5, 0.6) is 11.5 Å². The molecule has 8 heteroatoms. The van der Waals surface area contributed by atoms with Crippen LogP contribution in [0.15, 0.2) is 106 Å². The zero-order valence-electron chi connectivity index (χ0n) is 23.4. The summed E-state index contributed by atoms with van der Waals surface area (Å²) in [5, 5.41) is 1.81. The molecule has 1 aliphatic heterocycles. The van der Waals surface area contributed by atoms with E-state index >= 15 is 0 Å². The third kappa shape index (κ3) is 4.80. The van der Waals surface area contributed by atoms with Crippen molar-refractivity contribution in [1.29, 1.82) is 0 Å². The van der Waals surface area contributed by atoms with E-state index in [-0.39, 0.29) is 17.7 Å². The van der Waals surface area contributed by atoms with Gasteiger partial charge in [0.05, 0.1) is 36.6 Å². The highest BCUT2D eigenvalue weighted by molar-refractivity contribution is 7.07. The minimum atomic E-state index is -0.857. The highest BCUT2D eigenvalue weighted by Crippen LogP contribution is 2.42. The standard InChI is InChI=1S/C34H28N2O5S/c1-4-41-33(38)29-30(23-13-6-5-7-14-23)35-34-36(32(37)27(42-34)20-21-11-10-15-24(19-21)39-2)31(29)28-25-16-9-8-12-22(25)17-18-26(28)40-3/h5-20,31H,4H2,1-3H3/b27-20-. The summed E-state index contributed by atoms with van der Waals surface area (Å²) in [5.41, 5.74) is 2.72. The summed E-state index contributed by atoms with van der Waals surface area (Å²) in [4.78, 5) is 33.6. The molecule has 5 aromatic rings. The number of carbonyl (C=O) groups is 1. The number of benzene rings is 4. The van der Waals surface area contributed by atoms with Gasteiger partial charge in [0.1, 0.15) is 17.5 Å². The van der Waals surface area contributed by atoms with Gasteiger partial charge in [-0.25, -0.2) is 9.79 Å². The Hall–Kier alpha value is -4.95. The molecule has 0 saturated heterocycles. The van der Waals surface area contributed by atoms with Crippen LogP contribution in [0.4, 0.5) is 0 Å². The normalized spacial score (nSPS) is 14.8. The SMILES string of the molecule is CCOC(=O)C1=C(c2ccccc2)N=c2s/c(=C\c3cccc(OC)c3)c(=O)n2C1c1c(OC)ccc2ccccc12. The van der Waals surface area contributed by atoms with E-state index in [0.29, 0.717) is 32.1 Å². The van der Waals surface area contributed by atoms with Crippen molar-refractivity contribution in [3.05, 3.63) is 133 Å². The molecular formula is C34H28N2O5S. The molecule has 0 spiro atoms. The van der Waals surface area contributed by atoms with E-state index in [9.17, 15) is 9.59 Å². The number of hydrogen-bond donors (Lipinski definition) is 0. The van der Waals surface area contributed by atoms with Crippen molar-refractivity contribution in [2.75, 3.05) is 20.8 Å². The Kier molecular flexibility index (Phi) is 7.46. The molecule has 210 valence electrons. The smallest absolute Gasteiger partial charge is 0.338 e. The van der Waals surface area contributed by atoms with Gasteiger partial charge in [-0.2, -0.15) is 0 Å². The number of fused-ring (bicyclic) bond motifs is 2. The van der Waals surface area contributed by atoms with Crippen molar-refractivity contribution >= 4 is 39.9 Å². The van der Waals surface area contributed by atoms with Crippen molar-refractivity contribution in [3.63, 3.8) is 0 Å². The predicted octanol–water partition coefficient (Wildman–Crippen LogP) is 5.11. The van der Waals surface area contributed by atoms with Gasteiger partial charge >= 0.3 is 5.97 Å². The van der Waals surface area contributed by atoms with Crippen molar-refractivity contribution in [3.8, 4) is 11.5 Å². The zero-order valence-corrected chi connectivity index (χ0v) is 24.2. The molecule has 0 N–H and O–H groups in total. The molecule has 1 aromatic heterocycles. The molecule has 42 heavy (non-hydrogen) atoms. The van der Waals surface area contributed by atoms with Gasteiger partial charge in [0.2, 0.25) is 0 Å². The fraction of sp³-hybridized carbons (Fsp3) is 0.147. The first-order valence-corrected chi connectivity index (χ1v) is 14.3. The topological polar surface area (TPSA) is 79.1 Å². The average Bonchev–Trinajstić information content (AvgIpc) is 3.34. The molecule has 1 unspecified atom stereocenters. The highest BCUT2D eigenvalue weighted by Gasteiger charge is 2.37. The number of nitrogens with zero attached hydrogens (tertiary/aromatic N) is 2. The van der Waals surface area contributed by atoms with Gasteiger partial charge in [0.25, 0.3) is 5.56 Å². The van der Waals surface area contributed by atoms with Gasteiger partial charge < -0.3 is 14.2 Å². The van der Waals surface area contributed by atoms with Crippen LogP contribution in [0.3, 0.4) is 0 Å². The Morgan fingerprint density at radius 3 is 2.50 bits per heavy atom. The molecule has 6 rings (SSSR count).